The van der Waals surface area contributed by atoms with Crippen molar-refractivity contribution in [3.63, 3.8) is 0 Å². The van der Waals surface area contributed by atoms with Gasteiger partial charge in [0.1, 0.15) is 0 Å². The molecule has 0 aromatic heterocycles. The predicted molar refractivity (Wildman–Crippen MR) is 99.5 cm³/mol. The average Bonchev–Trinajstić information content (AvgIpc) is 2.63. The number of ether oxygens (including phenoxy) is 1. The molecular weight excluding hydrogens is 350 g/mol. The molecule has 6 heteroatoms. The fourth-order valence-electron chi connectivity index (χ4n) is 2.32. The van der Waals surface area contributed by atoms with Gasteiger partial charge in [-0.1, -0.05) is 48.0 Å². The first kappa shape index (κ1) is 19.5. The number of hydrogen-bond acceptors (Lipinski definition) is 4. The second-order valence-corrected chi connectivity index (χ2v) is 7.47. The first-order valence-corrected chi connectivity index (χ1v) is 9.64. The Balaban J connectivity index is 2.48. The van der Waals surface area contributed by atoms with Crippen LogP contribution < -0.4 is 0 Å². The Morgan fingerprint density at radius 1 is 1.12 bits per heavy atom. The van der Waals surface area contributed by atoms with Gasteiger partial charge < -0.3 is 4.74 Å². The summed E-state index contributed by atoms with van der Waals surface area (Å²) < 4.78 is 32.0. The van der Waals surface area contributed by atoms with Crippen LogP contribution in [0, 0.1) is 18.9 Å². The van der Waals surface area contributed by atoms with Crippen molar-refractivity contribution in [1.29, 1.82) is 0 Å². The number of aryl methyl sites for hydroxylation is 1. The summed E-state index contributed by atoms with van der Waals surface area (Å²) in [5.41, 5.74) is 1.71. The van der Waals surface area contributed by atoms with Crippen LogP contribution in [0.1, 0.15) is 31.0 Å². The minimum atomic E-state index is -3.92. The molecule has 0 heterocycles. The quantitative estimate of drug-likeness (QED) is 0.460. The minimum absolute atomic E-state index is 0.115. The summed E-state index contributed by atoms with van der Waals surface area (Å²) in [4.78, 5) is 11.7. The molecule has 0 radical (unpaired) electrons. The molecule has 0 saturated carbocycles. The van der Waals surface area contributed by atoms with Crippen LogP contribution in [0.15, 0.2) is 59.5 Å². The number of carbonyl (C=O) groups is 1. The van der Waals surface area contributed by atoms with Crippen LogP contribution in [-0.2, 0) is 19.6 Å². The average molecular weight is 371 g/mol. The van der Waals surface area contributed by atoms with Crippen molar-refractivity contribution in [2.75, 3.05) is 6.61 Å². The highest BCUT2D eigenvalue weighted by Gasteiger charge is 2.28. The molecule has 26 heavy (non-hydrogen) atoms. The van der Waals surface area contributed by atoms with Crippen LogP contribution in [0.5, 0.6) is 0 Å². The smallest absolute Gasteiger partial charge is 0.386 e. The summed E-state index contributed by atoms with van der Waals surface area (Å²) in [6, 6.07) is 17.5. The van der Waals surface area contributed by atoms with E-state index in [1.165, 1.54) is 12.1 Å². The van der Waals surface area contributed by atoms with E-state index in [0.717, 1.165) is 15.4 Å². The van der Waals surface area contributed by atoms with Gasteiger partial charge in [0, 0.05) is 12.0 Å². The van der Waals surface area contributed by atoms with Gasteiger partial charge in [0.25, 0.3) is 10.0 Å². The molecule has 0 fully saturated rings. The fraction of sp³-hybridized carbons (Fsp3) is 0.250. The summed E-state index contributed by atoms with van der Waals surface area (Å²) in [6.45, 7) is 5.43. The molecule has 0 amide bonds. The Bertz CT molecular complexity index is 910. The van der Waals surface area contributed by atoms with Gasteiger partial charge in [-0.2, -0.15) is 0 Å². The maximum absolute atomic E-state index is 13.1. The normalized spacial score (nSPS) is 11.8. The number of carbonyl (C=O) groups excluding carboxylic acids is 1. The van der Waals surface area contributed by atoms with Gasteiger partial charge in [-0.15, -0.1) is 0 Å². The van der Waals surface area contributed by atoms with Gasteiger partial charge in [0.2, 0.25) is 0 Å². The minimum Gasteiger partial charge on any atom is -0.456 e. The third kappa shape index (κ3) is 4.64. The lowest BCUT2D eigenvalue weighted by Gasteiger charge is -2.25. The lowest BCUT2D eigenvalue weighted by molar-refractivity contribution is -0.136. The van der Waals surface area contributed by atoms with Crippen molar-refractivity contribution >= 4 is 16.0 Å². The molecule has 0 spiro atoms. The van der Waals surface area contributed by atoms with E-state index >= 15 is 0 Å². The van der Waals surface area contributed by atoms with E-state index in [4.69, 9.17) is 4.74 Å². The maximum atomic E-state index is 13.1. The number of hydrogen-bond donors (Lipinski definition) is 0. The Morgan fingerprint density at radius 3 is 2.31 bits per heavy atom. The van der Waals surface area contributed by atoms with Gasteiger partial charge in [-0.3, -0.25) is 0 Å². The molecule has 2 rings (SSSR count). The van der Waals surface area contributed by atoms with E-state index in [1.54, 1.807) is 26.0 Å². The third-order valence-corrected chi connectivity index (χ3v) is 5.55. The second kappa shape index (κ2) is 8.54. The lowest BCUT2D eigenvalue weighted by atomic mass is 10.1. The maximum Gasteiger partial charge on any atom is 0.386 e. The van der Waals surface area contributed by atoms with Gasteiger partial charge in [0.15, 0.2) is 0 Å². The van der Waals surface area contributed by atoms with Crippen LogP contribution in [0.2, 0.25) is 0 Å². The molecule has 0 unspecified atom stereocenters. The van der Waals surface area contributed by atoms with E-state index in [1.807, 2.05) is 37.3 Å². The predicted octanol–water partition coefficient (Wildman–Crippen LogP) is 3.27. The first-order chi connectivity index (χ1) is 12.4. The zero-order valence-electron chi connectivity index (χ0n) is 15.0. The van der Waals surface area contributed by atoms with Crippen molar-refractivity contribution < 1.29 is 17.9 Å². The highest BCUT2D eigenvalue weighted by atomic mass is 32.2. The molecule has 0 aliphatic carbocycles. The van der Waals surface area contributed by atoms with E-state index in [2.05, 4.69) is 12.0 Å². The molecule has 0 saturated heterocycles. The van der Waals surface area contributed by atoms with Crippen LogP contribution >= 0.6 is 0 Å². The van der Waals surface area contributed by atoms with Crippen LogP contribution in [0.3, 0.4) is 0 Å². The lowest BCUT2D eigenvalue weighted by Crippen LogP contribution is -2.30. The van der Waals surface area contributed by atoms with Crippen molar-refractivity contribution in [2.45, 2.75) is 31.7 Å². The van der Waals surface area contributed by atoms with E-state index in [0.29, 0.717) is 0 Å². The third-order valence-electron chi connectivity index (χ3n) is 3.76. The summed E-state index contributed by atoms with van der Waals surface area (Å²) in [5.74, 6) is 1.49. The van der Waals surface area contributed by atoms with Crippen molar-refractivity contribution in [1.82, 2.24) is 4.31 Å². The topological polar surface area (TPSA) is 63.7 Å². The fourth-order valence-corrected chi connectivity index (χ4v) is 3.73. The summed E-state index contributed by atoms with van der Waals surface area (Å²) >= 11 is 0. The van der Waals surface area contributed by atoms with Crippen LogP contribution in [0.4, 0.5) is 0 Å². The summed E-state index contributed by atoms with van der Waals surface area (Å²) in [6.07, 6.45) is 0. The second-order valence-electron chi connectivity index (χ2n) is 5.66. The van der Waals surface area contributed by atoms with Crippen molar-refractivity contribution in [3.8, 4) is 12.0 Å². The number of nitrogens with zero attached hydrogens (tertiary/aromatic N) is 1. The molecule has 2 aromatic carbocycles. The monoisotopic (exact) mass is 371 g/mol. The highest BCUT2D eigenvalue weighted by Crippen LogP contribution is 2.26. The van der Waals surface area contributed by atoms with Gasteiger partial charge in [-0.05, 0) is 38.5 Å². The Morgan fingerprint density at radius 2 is 1.73 bits per heavy atom. The standard InChI is InChI=1S/C20H21NO4S/c1-4-25-20(22)14-15-21(17(3)18-8-6-5-7-9-18)26(23,24)19-12-10-16(2)11-13-19/h5-13,17H,4H2,1-3H3/t17-/m1/s1. The van der Waals surface area contributed by atoms with Crippen molar-refractivity contribution in [3.05, 3.63) is 65.7 Å². The molecular formula is C20H21NO4S. The Kier molecular flexibility index (Phi) is 6.42. The molecule has 0 aliphatic rings. The summed E-state index contributed by atoms with van der Waals surface area (Å²) in [5, 5.41) is 0. The van der Waals surface area contributed by atoms with Gasteiger partial charge in [-0.25, -0.2) is 17.5 Å². The van der Waals surface area contributed by atoms with Gasteiger partial charge in [0.05, 0.1) is 17.5 Å². The Labute approximate surface area is 154 Å². The van der Waals surface area contributed by atoms with Gasteiger partial charge >= 0.3 is 5.97 Å². The molecule has 5 nitrogen and oxygen atoms in total. The molecule has 136 valence electrons. The number of rotatable bonds is 5. The van der Waals surface area contributed by atoms with Crippen molar-refractivity contribution in [2.24, 2.45) is 0 Å². The van der Waals surface area contributed by atoms with E-state index < -0.39 is 22.0 Å². The molecule has 0 aliphatic heterocycles. The molecule has 2 aromatic rings. The molecule has 1 atom stereocenters. The highest BCUT2D eigenvalue weighted by molar-refractivity contribution is 7.89. The first-order valence-electron chi connectivity index (χ1n) is 8.20. The van der Waals surface area contributed by atoms with Crippen LogP contribution in [0.25, 0.3) is 0 Å². The molecule has 0 N–H and O–H groups in total. The summed E-state index contributed by atoms with van der Waals surface area (Å²) in [7, 11) is -3.92. The SMILES string of the molecule is CCOC(=O)C#CN([C@H](C)c1ccccc1)S(=O)(=O)c1ccc(C)cc1. The Hall–Kier alpha value is -2.78. The number of sulfonamides is 1. The van der Waals surface area contributed by atoms with E-state index in [-0.39, 0.29) is 11.5 Å². The number of esters is 1. The molecule has 0 bridgehead atoms. The number of benzene rings is 2. The van der Waals surface area contributed by atoms with Crippen LogP contribution in [-0.4, -0.2) is 25.3 Å². The zero-order chi connectivity index (χ0) is 19.2. The zero-order valence-corrected chi connectivity index (χ0v) is 15.8. The van der Waals surface area contributed by atoms with E-state index in [9.17, 15) is 13.2 Å². The largest absolute Gasteiger partial charge is 0.456 e.